The summed E-state index contributed by atoms with van der Waals surface area (Å²) in [5.74, 6) is 1.46. The summed E-state index contributed by atoms with van der Waals surface area (Å²) < 4.78 is 5.23. The van der Waals surface area contributed by atoms with E-state index in [1.54, 1.807) is 0 Å². The third-order valence-corrected chi connectivity index (χ3v) is 3.19. The second kappa shape index (κ2) is 6.11. The Morgan fingerprint density at radius 2 is 2.30 bits per heavy atom. The quantitative estimate of drug-likeness (QED) is 0.922. The molecule has 0 spiro atoms. The van der Waals surface area contributed by atoms with E-state index in [9.17, 15) is 4.79 Å². The lowest BCUT2D eigenvalue weighted by molar-refractivity contribution is 0.0520. The number of amides is 1. The highest BCUT2D eigenvalue weighted by Gasteiger charge is 2.24. The van der Waals surface area contributed by atoms with Crippen LogP contribution in [0.2, 0.25) is 0 Å². The molecular weight excluding hydrogens is 254 g/mol. The first-order valence-electron chi connectivity index (χ1n) is 7.07. The summed E-state index contributed by atoms with van der Waals surface area (Å²) in [7, 11) is 0. The van der Waals surface area contributed by atoms with Gasteiger partial charge in [0, 0.05) is 25.8 Å². The first-order chi connectivity index (χ1) is 9.44. The van der Waals surface area contributed by atoms with Crippen molar-refractivity contribution < 1.29 is 9.53 Å². The number of rotatable bonds is 3. The Bertz CT molecular complexity index is 442. The predicted molar refractivity (Wildman–Crippen MR) is 78.8 cm³/mol. The Morgan fingerprint density at radius 1 is 1.50 bits per heavy atom. The van der Waals surface area contributed by atoms with Gasteiger partial charge in [-0.15, -0.1) is 0 Å². The highest BCUT2D eigenvalue weighted by atomic mass is 16.6. The molecule has 1 amide bonds. The summed E-state index contributed by atoms with van der Waals surface area (Å²) >= 11 is 0. The first kappa shape index (κ1) is 14.6. The molecule has 0 radical (unpaired) electrons. The van der Waals surface area contributed by atoms with Gasteiger partial charge in [0.25, 0.3) is 0 Å². The molecule has 20 heavy (non-hydrogen) atoms. The van der Waals surface area contributed by atoms with Crippen LogP contribution >= 0.6 is 0 Å². The van der Waals surface area contributed by atoms with Crippen LogP contribution in [0.25, 0.3) is 0 Å². The van der Waals surface area contributed by atoms with E-state index in [1.807, 2.05) is 45.2 Å². The number of hydrogen-bond donors (Lipinski definition) is 1. The lowest BCUT2D eigenvalue weighted by Crippen LogP contribution is -2.36. The molecular formula is C15H23N3O2. The Kier molecular flexibility index (Phi) is 4.47. The molecule has 1 N–H and O–H groups in total. The molecule has 2 rings (SSSR count). The summed E-state index contributed by atoms with van der Waals surface area (Å²) in [6.07, 6.45) is 2.53. The molecule has 1 aliphatic heterocycles. The van der Waals surface area contributed by atoms with Gasteiger partial charge in [0.15, 0.2) is 0 Å². The molecule has 5 heteroatoms. The fourth-order valence-corrected chi connectivity index (χ4v) is 2.29. The van der Waals surface area contributed by atoms with Crippen molar-refractivity contribution >= 4 is 11.9 Å². The van der Waals surface area contributed by atoms with Gasteiger partial charge in [0.1, 0.15) is 11.4 Å². The average molecular weight is 277 g/mol. The number of nitrogens with zero attached hydrogens (tertiary/aromatic N) is 2. The van der Waals surface area contributed by atoms with Crippen LogP contribution in [0.1, 0.15) is 27.2 Å². The van der Waals surface area contributed by atoms with Crippen molar-refractivity contribution in [3.63, 3.8) is 0 Å². The molecule has 1 aromatic heterocycles. The van der Waals surface area contributed by atoms with E-state index in [2.05, 4.69) is 15.2 Å². The number of hydrogen-bond acceptors (Lipinski definition) is 4. The van der Waals surface area contributed by atoms with Gasteiger partial charge in [0.2, 0.25) is 0 Å². The maximum Gasteiger partial charge on any atom is 0.407 e. The molecule has 110 valence electrons. The molecule has 1 saturated heterocycles. The lowest BCUT2D eigenvalue weighted by atomic mass is 10.1. The SMILES string of the molecule is CC(C)(C)OC(=O)NCC1CCN(c2ccccn2)C1. The number of aromatic nitrogens is 1. The van der Waals surface area contributed by atoms with Crippen LogP contribution in [0.3, 0.4) is 0 Å². The summed E-state index contributed by atoms with van der Waals surface area (Å²) in [6.45, 7) is 8.16. The van der Waals surface area contributed by atoms with Gasteiger partial charge in [0.05, 0.1) is 0 Å². The van der Waals surface area contributed by atoms with Crippen LogP contribution in [0.4, 0.5) is 10.6 Å². The van der Waals surface area contributed by atoms with Crippen LogP contribution in [-0.2, 0) is 4.74 Å². The summed E-state index contributed by atoms with van der Waals surface area (Å²) in [5, 5.41) is 2.84. The monoisotopic (exact) mass is 277 g/mol. The van der Waals surface area contributed by atoms with Gasteiger partial charge < -0.3 is 15.0 Å². The largest absolute Gasteiger partial charge is 0.444 e. The van der Waals surface area contributed by atoms with E-state index in [1.165, 1.54) is 0 Å². The normalized spacial score (nSPS) is 18.9. The number of carbonyl (C=O) groups excluding carboxylic acids is 1. The lowest BCUT2D eigenvalue weighted by Gasteiger charge is -2.21. The molecule has 0 aromatic carbocycles. The van der Waals surface area contributed by atoms with Crippen LogP contribution in [0.5, 0.6) is 0 Å². The predicted octanol–water partition coefficient (Wildman–Crippen LogP) is 2.43. The number of carbonyl (C=O) groups is 1. The van der Waals surface area contributed by atoms with Crippen molar-refractivity contribution in [2.75, 3.05) is 24.5 Å². The molecule has 0 aliphatic carbocycles. The highest BCUT2D eigenvalue weighted by molar-refractivity contribution is 5.67. The van der Waals surface area contributed by atoms with Gasteiger partial charge >= 0.3 is 6.09 Å². The number of anilines is 1. The number of pyridine rings is 1. The number of nitrogens with one attached hydrogen (secondary N) is 1. The van der Waals surface area contributed by atoms with E-state index in [-0.39, 0.29) is 6.09 Å². The van der Waals surface area contributed by atoms with Crippen molar-refractivity contribution in [3.05, 3.63) is 24.4 Å². The van der Waals surface area contributed by atoms with Crippen LogP contribution < -0.4 is 10.2 Å². The Balaban J connectivity index is 1.75. The maximum absolute atomic E-state index is 11.6. The molecule has 2 heterocycles. The molecule has 1 unspecified atom stereocenters. The zero-order valence-electron chi connectivity index (χ0n) is 12.4. The number of ether oxygens (including phenoxy) is 1. The Hall–Kier alpha value is -1.78. The van der Waals surface area contributed by atoms with Crippen molar-refractivity contribution in [2.24, 2.45) is 5.92 Å². The number of alkyl carbamates (subject to hydrolysis) is 1. The van der Waals surface area contributed by atoms with Gasteiger partial charge in [-0.3, -0.25) is 0 Å². The molecule has 5 nitrogen and oxygen atoms in total. The zero-order chi connectivity index (χ0) is 14.6. The van der Waals surface area contributed by atoms with Gasteiger partial charge in [-0.1, -0.05) is 6.07 Å². The smallest absolute Gasteiger partial charge is 0.407 e. The van der Waals surface area contributed by atoms with Gasteiger partial charge in [-0.2, -0.15) is 0 Å². The minimum absolute atomic E-state index is 0.339. The van der Waals surface area contributed by atoms with Gasteiger partial charge in [-0.25, -0.2) is 9.78 Å². The fraction of sp³-hybridized carbons (Fsp3) is 0.600. The zero-order valence-corrected chi connectivity index (χ0v) is 12.4. The second-order valence-electron chi connectivity index (χ2n) is 6.17. The molecule has 1 aromatic rings. The Labute approximate surface area is 120 Å². The van der Waals surface area contributed by atoms with Crippen molar-refractivity contribution in [1.82, 2.24) is 10.3 Å². The molecule has 0 saturated carbocycles. The Morgan fingerprint density at radius 3 is 2.95 bits per heavy atom. The average Bonchev–Trinajstić information content (AvgIpc) is 2.84. The van der Waals surface area contributed by atoms with Crippen LogP contribution in [0, 0.1) is 5.92 Å². The first-order valence-corrected chi connectivity index (χ1v) is 7.07. The summed E-state index contributed by atoms with van der Waals surface area (Å²) in [5.41, 5.74) is -0.445. The third-order valence-electron chi connectivity index (χ3n) is 3.19. The maximum atomic E-state index is 11.6. The van der Waals surface area contributed by atoms with E-state index < -0.39 is 5.60 Å². The van der Waals surface area contributed by atoms with Crippen molar-refractivity contribution in [3.8, 4) is 0 Å². The highest BCUT2D eigenvalue weighted by Crippen LogP contribution is 2.21. The van der Waals surface area contributed by atoms with E-state index >= 15 is 0 Å². The van der Waals surface area contributed by atoms with Crippen LogP contribution in [-0.4, -0.2) is 36.3 Å². The minimum atomic E-state index is -0.445. The fourth-order valence-electron chi connectivity index (χ4n) is 2.29. The third kappa shape index (κ3) is 4.40. The van der Waals surface area contributed by atoms with Crippen molar-refractivity contribution in [2.45, 2.75) is 32.8 Å². The van der Waals surface area contributed by atoms with Crippen molar-refractivity contribution in [1.29, 1.82) is 0 Å². The summed E-state index contributed by atoms with van der Waals surface area (Å²) in [6, 6.07) is 5.93. The van der Waals surface area contributed by atoms with Crippen LogP contribution in [0.15, 0.2) is 24.4 Å². The summed E-state index contributed by atoms with van der Waals surface area (Å²) in [4.78, 5) is 18.2. The van der Waals surface area contributed by atoms with E-state index in [0.717, 1.165) is 25.3 Å². The topological polar surface area (TPSA) is 54.5 Å². The molecule has 1 fully saturated rings. The van der Waals surface area contributed by atoms with E-state index in [4.69, 9.17) is 4.74 Å². The van der Waals surface area contributed by atoms with Gasteiger partial charge in [-0.05, 0) is 45.2 Å². The molecule has 1 aliphatic rings. The second-order valence-corrected chi connectivity index (χ2v) is 6.17. The minimum Gasteiger partial charge on any atom is -0.444 e. The van der Waals surface area contributed by atoms with E-state index in [0.29, 0.717) is 12.5 Å². The molecule has 0 bridgehead atoms. The standard InChI is InChI=1S/C15H23N3O2/c1-15(2,3)20-14(19)17-10-12-7-9-18(11-12)13-6-4-5-8-16-13/h4-6,8,12H,7,9-11H2,1-3H3,(H,17,19). The molecule has 1 atom stereocenters.